The summed E-state index contributed by atoms with van der Waals surface area (Å²) in [7, 11) is 1.57. The summed E-state index contributed by atoms with van der Waals surface area (Å²) in [6.45, 7) is 0.604. The fraction of sp³-hybridized carbons (Fsp3) is 0.333. The Kier molecular flexibility index (Phi) is 2.22. The number of ether oxygens (including phenoxy) is 1. The number of pyridine rings is 1. The Labute approximate surface area is 81.5 Å². The van der Waals surface area contributed by atoms with Gasteiger partial charge >= 0.3 is 6.03 Å². The molecule has 0 bridgehead atoms. The third-order valence-corrected chi connectivity index (χ3v) is 2.14. The van der Waals surface area contributed by atoms with Crippen molar-refractivity contribution in [1.82, 2.24) is 15.6 Å². The van der Waals surface area contributed by atoms with Crippen LogP contribution in [0.2, 0.25) is 0 Å². The van der Waals surface area contributed by atoms with Gasteiger partial charge in [0.25, 0.3) is 0 Å². The van der Waals surface area contributed by atoms with E-state index in [9.17, 15) is 4.79 Å². The molecule has 1 aliphatic rings. The molecule has 1 aromatic heterocycles. The van der Waals surface area contributed by atoms with E-state index in [1.165, 1.54) is 0 Å². The molecule has 1 atom stereocenters. The van der Waals surface area contributed by atoms with Gasteiger partial charge in [0, 0.05) is 18.8 Å². The smallest absolute Gasteiger partial charge is 0.315 e. The van der Waals surface area contributed by atoms with E-state index < -0.39 is 0 Å². The molecule has 1 saturated heterocycles. The molecule has 2 heterocycles. The van der Waals surface area contributed by atoms with E-state index in [1.807, 2.05) is 6.07 Å². The van der Waals surface area contributed by atoms with Crippen LogP contribution in [0.25, 0.3) is 0 Å². The summed E-state index contributed by atoms with van der Waals surface area (Å²) in [5.74, 6) is 0.575. The topological polar surface area (TPSA) is 63.2 Å². The molecule has 2 amide bonds. The first kappa shape index (κ1) is 8.80. The van der Waals surface area contributed by atoms with Crippen LogP contribution in [0.5, 0.6) is 5.88 Å². The first-order valence-corrected chi connectivity index (χ1v) is 4.34. The summed E-state index contributed by atoms with van der Waals surface area (Å²) in [5, 5.41) is 5.46. The number of nitrogens with zero attached hydrogens (tertiary/aromatic N) is 1. The van der Waals surface area contributed by atoms with Crippen molar-refractivity contribution in [3.63, 3.8) is 0 Å². The normalized spacial score (nSPS) is 20.1. The molecule has 5 nitrogen and oxygen atoms in total. The van der Waals surface area contributed by atoms with E-state index in [1.54, 1.807) is 19.4 Å². The minimum atomic E-state index is -0.134. The lowest BCUT2D eigenvalue weighted by atomic mass is 10.1. The first-order valence-electron chi connectivity index (χ1n) is 4.34. The number of carbonyl (C=O) groups is 1. The van der Waals surface area contributed by atoms with Crippen LogP contribution >= 0.6 is 0 Å². The third kappa shape index (κ3) is 1.61. The molecule has 1 fully saturated rings. The average Bonchev–Trinajstić information content (AvgIpc) is 2.65. The fourth-order valence-electron chi connectivity index (χ4n) is 1.37. The maximum Gasteiger partial charge on any atom is 0.315 e. The first-order chi connectivity index (χ1) is 6.79. The van der Waals surface area contributed by atoms with E-state index in [0.717, 1.165) is 5.56 Å². The lowest BCUT2D eigenvalue weighted by Gasteiger charge is -2.08. The summed E-state index contributed by atoms with van der Waals surface area (Å²) >= 11 is 0. The average molecular weight is 193 g/mol. The second-order valence-corrected chi connectivity index (χ2v) is 3.04. The molecule has 0 radical (unpaired) electrons. The molecule has 0 spiro atoms. The minimum absolute atomic E-state index is 0.0147. The van der Waals surface area contributed by atoms with E-state index in [-0.39, 0.29) is 12.1 Å². The fourth-order valence-corrected chi connectivity index (χ4v) is 1.37. The molecular weight excluding hydrogens is 182 g/mol. The van der Waals surface area contributed by atoms with Crippen LogP contribution in [0.1, 0.15) is 11.6 Å². The highest BCUT2D eigenvalue weighted by atomic mass is 16.5. The van der Waals surface area contributed by atoms with Crippen molar-refractivity contribution in [1.29, 1.82) is 0 Å². The highest BCUT2D eigenvalue weighted by Gasteiger charge is 2.21. The van der Waals surface area contributed by atoms with Gasteiger partial charge in [-0.2, -0.15) is 0 Å². The van der Waals surface area contributed by atoms with Gasteiger partial charge in [-0.1, -0.05) is 0 Å². The Morgan fingerprint density at radius 3 is 2.93 bits per heavy atom. The van der Waals surface area contributed by atoms with E-state index >= 15 is 0 Å². The van der Waals surface area contributed by atoms with Crippen LogP contribution in [-0.2, 0) is 0 Å². The van der Waals surface area contributed by atoms with Gasteiger partial charge in [0.1, 0.15) is 0 Å². The zero-order valence-electron chi connectivity index (χ0n) is 7.78. The molecule has 2 N–H and O–H groups in total. The van der Waals surface area contributed by atoms with Crippen LogP contribution in [0.15, 0.2) is 18.3 Å². The van der Waals surface area contributed by atoms with Crippen molar-refractivity contribution in [2.75, 3.05) is 13.7 Å². The number of rotatable bonds is 2. The maximum atomic E-state index is 10.9. The standard InChI is InChI=1S/C9H11N3O2/c1-14-8-3-2-6(4-10-8)7-5-11-9(13)12-7/h2-4,7H,5H2,1H3,(H2,11,12,13). The zero-order chi connectivity index (χ0) is 9.97. The van der Waals surface area contributed by atoms with Crippen molar-refractivity contribution in [2.24, 2.45) is 0 Å². The van der Waals surface area contributed by atoms with Gasteiger partial charge in [-0.15, -0.1) is 0 Å². The molecule has 0 aromatic carbocycles. The molecule has 14 heavy (non-hydrogen) atoms. The lowest BCUT2D eigenvalue weighted by Crippen LogP contribution is -2.21. The van der Waals surface area contributed by atoms with Crippen LogP contribution in [0.4, 0.5) is 4.79 Å². The predicted octanol–water partition coefficient (Wildman–Crippen LogP) is 0.444. The maximum absolute atomic E-state index is 10.9. The lowest BCUT2D eigenvalue weighted by molar-refractivity contribution is 0.247. The van der Waals surface area contributed by atoms with Crippen LogP contribution in [0, 0.1) is 0 Å². The Hall–Kier alpha value is -1.78. The summed E-state index contributed by atoms with van der Waals surface area (Å²) in [6.07, 6.45) is 1.71. The van der Waals surface area contributed by atoms with Gasteiger partial charge in [-0.05, 0) is 11.6 Å². The van der Waals surface area contributed by atoms with Crippen molar-refractivity contribution in [2.45, 2.75) is 6.04 Å². The highest BCUT2D eigenvalue weighted by Crippen LogP contribution is 2.16. The second kappa shape index (κ2) is 3.53. The molecule has 2 rings (SSSR count). The van der Waals surface area contributed by atoms with E-state index in [0.29, 0.717) is 12.4 Å². The SMILES string of the molecule is COc1ccc(C2CNC(=O)N2)cn1. The monoisotopic (exact) mass is 193 g/mol. The minimum Gasteiger partial charge on any atom is -0.481 e. The van der Waals surface area contributed by atoms with Crippen LogP contribution < -0.4 is 15.4 Å². The van der Waals surface area contributed by atoms with Gasteiger partial charge < -0.3 is 15.4 Å². The van der Waals surface area contributed by atoms with E-state index in [4.69, 9.17) is 4.74 Å². The molecule has 0 saturated carbocycles. The Bertz CT molecular complexity index is 336. The highest BCUT2D eigenvalue weighted by molar-refractivity contribution is 5.76. The molecule has 5 heteroatoms. The number of carbonyl (C=O) groups excluding carboxylic acids is 1. The van der Waals surface area contributed by atoms with Crippen LogP contribution in [0.3, 0.4) is 0 Å². The van der Waals surface area contributed by atoms with Gasteiger partial charge in [0.15, 0.2) is 0 Å². The van der Waals surface area contributed by atoms with Gasteiger partial charge in [0.05, 0.1) is 13.2 Å². The molecule has 1 aliphatic heterocycles. The number of aromatic nitrogens is 1. The Balaban J connectivity index is 2.13. The predicted molar refractivity (Wildman–Crippen MR) is 50.1 cm³/mol. The summed E-state index contributed by atoms with van der Waals surface area (Å²) in [4.78, 5) is 14.9. The molecule has 1 aromatic rings. The molecule has 1 unspecified atom stereocenters. The van der Waals surface area contributed by atoms with Crippen molar-refractivity contribution >= 4 is 6.03 Å². The molecular formula is C9H11N3O2. The number of methoxy groups -OCH3 is 1. The largest absolute Gasteiger partial charge is 0.481 e. The van der Waals surface area contributed by atoms with Crippen molar-refractivity contribution in [3.05, 3.63) is 23.9 Å². The number of amides is 2. The van der Waals surface area contributed by atoms with E-state index in [2.05, 4.69) is 15.6 Å². The Morgan fingerprint density at radius 1 is 1.57 bits per heavy atom. The number of hydrogen-bond acceptors (Lipinski definition) is 3. The summed E-state index contributed by atoms with van der Waals surface area (Å²) in [5.41, 5.74) is 0.976. The zero-order valence-corrected chi connectivity index (χ0v) is 7.78. The van der Waals surface area contributed by atoms with Gasteiger partial charge in [-0.25, -0.2) is 9.78 Å². The molecule has 0 aliphatic carbocycles. The summed E-state index contributed by atoms with van der Waals surface area (Å²) < 4.78 is 4.94. The third-order valence-electron chi connectivity index (χ3n) is 2.14. The van der Waals surface area contributed by atoms with Crippen molar-refractivity contribution < 1.29 is 9.53 Å². The van der Waals surface area contributed by atoms with Gasteiger partial charge in [-0.3, -0.25) is 0 Å². The number of urea groups is 1. The number of nitrogens with one attached hydrogen (secondary N) is 2. The Morgan fingerprint density at radius 2 is 2.43 bits per heavy atom. The summed E-state index contributed by atoms with van der Waals surface area (Å²) in [6, 6.07) is 3.55. The van der Waals surface area contributed by atoms with Crippen LogP contribution in [-0.4, -0.2) is 24.7 Å². The van der Waals surface area contributed by atoms with Gasteiger partial charge in [0.2, 0.25) is 5.88 Å². The quantitative estimate of drug-likeness (QED) is 0.716. The number of hydrogen-bond donors (Lipinski definition) is 2. The second-order valence-electron chi connectivity index (χ2n) is 3.04. The van der Waals surface area contributed by atoms with Crippen molar-refractivity contribution in [3.8, 4) is 5.88 Å². The molecule has 74 valence electrons.